The van der Waals surface area contributed by atoms with Crippen molar-refractivity contribution in [3.05, 3.63) is 16.5 Å². The zero-order chi connectivity index (χ0) is 13.8. The lowest BCUT2D eigenvalue weighted by atomic mass is 10.0. The SMILES string of the molecule is CNC1CCCN(C(=O)CCc2c(C)noc2Cl)C1. The van der Waals surface area contributed by atoms with E-state index < -0.39 is 0 Å². The molecule has 1 N–H and O–H groups in total. The molecule has 1 saturated heterocycles. The second kappa shape index (κ2) is 6.39. The number of nitrogens with one attached hydrogen (secondary N) is 1. The molecule has 0 aliphatic carbocycles. The standard InChI is InChI=1S/C13H20ClN3O2/c1-9-11(13(14)19-16-9)5-6-12(18)17-7-3-4-10(8-17)15-2/h10,15H,3-8H2,1-2H3. The van der Waals surface area contributed by atoms with E-state index in [0.717, 1.165) is 37.2 Å². The molecule has 0 bridgehead atoms. The summed E-state index contributed by atoms with van der Waals surface area (Å²) < 4.78 is 4.89. The van der Waals surface area contributed by atoms with Gasteiger partial charge in [0.15, 0.2) is 0 Å². The molecule has 0 aromatic carbocycles. The van der Waals surface area contributed by atoms with E-state index in [1.54, 1.807) is 0 Å². The highest BCUT2D eigenvalue weighted by molar-refractivity contribution is 6.29. The zero-order valence-corrected chi connectivity index (χ0v) is 12.2. The number of aryl methyl sites for hydroxylation is 1. The van der Waals surface area contributed by atoms with Gasteiger partial charge in [-0.15, -0.1) is 0 Å². The Morgan fingerprint density at radius 2 is 2.42 bits per heavy atom. The number of aromatic nitrogens is 1. The molecule has 19 heavy (non-hydrogen) atoms. The van der Waals surface area contributed by atoms with Gasteiger partial charge in [-0.2, -0.15) is 0 Å². The molecule has 1 aliphatic heterocycles. The lowest BCUT2D eigenvalue weighted by molar-refractivity contribution is -0.132. The number of piperidine rings is 1. The molecule has 1 aliphatic rings. The summed E-state index contributed by atoms with van der Waals surface area (Å²) in [5, 5.41) is 7.33. The van der Waals surface area contributed by atoms with Gasteiger partial charge >= 0.3 is 0 Å². The van der Waals surface area contributed by atoms with Crippen LogP contribution in [0.15, 0.2) is 4.52 Å². The molecule has 106 valence electrons. The van der Waals surface area contributed by atoms with Crippen molar-refractivity contribution in [2.75, 3.05) is 20.1 Å². The molecule has 1 amide bonds. The van der Waals surface area contributed by atoms with E-state index in [2.05, 4.69) is 10.5 Å². The second-order valence-electron chi connectivity index (χ2n) is 4.99. The summed E-state index contributed by atoms with van der Waals surface area (Å²) in [5.74, 6) is 0.177. The topological polar surface area (TPSA) is 58.4 Å². The van der Waals surface area contributed by atoms with E-state index in [0.29, 0.717) is 24.1 Å². The Balaban J connectivity index is 1.87. The van der Waals surface area contributed by atoms with Gasteiger partial charge in [-0.1, -0.05) is 5.16 Å². The van der Waals surface area contributed by atoms with Gasteiger partial charge in [-0.05, 0) is 44.8 Å². The number of halogens is 1. The van der Waals surface area contributed by atoms with Gasteiger partial charge in [0.1, 0.15) is 0 Å². The maximum Gasteiger partial charge on any atom is 0.229 e. The van der Waals surface area contributed by atoms with Crippen LogP contribution < -0.4 is 5.32 Å². The van der Waals surface area contributed by atoms with Crippen molar-refractivity contribution >= 4 is 17.5 Å². The monoisotopic (exact) mass is 285 g/mol. The van der Waals surface area contributed by atoms with Crippen LogP contribution in [0.4, 0.5) is 0 Å². The van der Waals surface area contributed by atoms with Crippen LogP contribution in [0.3, 0.4) is 0 Å². The lowest BCUT2D eigenvalue weighted by Crippen LogP contribution is -2.47. The fourth-order valence-electron chi connectivity index (χ4n) is 2.47. The van der Waals surface area contributed by atoms with E-state index >= 15 is 0 Å². The van der Waals surface area contributed by atoms with E-state index in [1.807, 2.05) is 18.9 Å². The van der Waals surface area contributed by atoms with Crippen LogP contribution >= 0.6 is 11.6 Å². The molecule has 6 heteroatoms. The molecule has 1 aromatic rings. The first-order chi connectivity index (χ1) is 9.11. The van der Waals surface area contributed by atoms with Gasteiger partial charge in [0.25, 0.3) is 0 Å². The van der Waals surface area contributed by atoms with Crippen LogP contribution in [0.1, 0.15) is 30.5 Å². The van der Waals surface area contributed by atoms with Crippen molar-refractivity contribution < 1.29 is 9.32 Å². The molecule has 1 fully saturated rings. The number of amides is 1. The minimum absolute atomic E-state index is 0.177. The number of carbonyl (C=O) groups is 1. The summed E-state index contributed by atoms with van der Waals surface area (Å²) in [6.07, 6.45) is 3.24. The minimum Gasteiger partial charge on any atom is -0.344 e. The molecule has 1 unspecified atom stereocenters. The maximum absolute atomic E-state index is 12.2. The highest BCUT2D eigenvalue weighted by atomic mass is 35.5. The summed E-state index contributed by atoms with van der Waals surface area (Å²) in [6.45, 7) is 3.49. The molecule has 0 radical (unpaired) electrons. The van der Waals surface area contributed by atoms with Crippen LogP contribution in [0.25, 0.3) is 0 Å². The normalized spacial score (nSPS) is 19.7. The zero-order valence-electron chi connectivity index (χ0n) is 11.4. The van der Waals surface area contributed by atoms with Crippen LogP contribution in [-0.2, 0) is 11.2 Å². The van der Waals surface area contributed by atoms with Crippen molar-refractivity contribution in [1.29, 1.82) is 0 Å². The van der Waals surface area contributed by atoms with Crippen molar-refractivity contribution in [2.24, 2.45) is 0 Å². The molecule has 0 saturated carbocycles. The van der Waals surface area contributed by atoms with Gasteiger partial charge in [0.05, 0.1) is 5.69 Å². The third kappa shape index (κ3) is 3.48. The van der Waals surface area contributed by atoms with Gasteiger partial charge in [-0.25, -0.2) is 0 Å². The Morgan fingerprint density at radius 3 is 3.05 bits per heavy atom. The lowest BCUT2D eigenvalue weighted by Gasteiger charge is -2.32. The minimum atomic E-state index is 0.177. The van der Waals surface area contributed by atoms with Gasteiger partial charge in [0, 0.05) is 31.1 Å². The first kappa shape index (κ1) is 14.3. The fourth-order valence-corrected chi connectivity index (χ4v) is 2.74. The van der Waals surface area contributed by atoms with Crippen LogP contribution in [0.5, 0.6) is 0 Å². The number of rotatable bonds is 4. The van der Waals surface area contributed by atoms with Crippen molar-refractivity contribution in [1.82, 2.24) is 15.4 Å². The quantitative estimate of drug-likeness (QED) is 0.916. The predicted octanol–water partition coefficient (Wildman–Crippen LogP) is 1.78. The van der Waals surface area contributed by atoms with Gasteiger partial charge in [0.2, 0.25) is 11.1 Å². The molecule has 2 rings (SSSR count). The predicted molar refractivity (Wildman–Crippen MR) is 73.2 cm³/mol. The molecule has 2 heterocycles. The van der Waals surface area contributed by atoms with E-state index in [-0.39, 0.29) is 5.91 Å². The van der Waals surface area contributed by atoms with Crippen molar-refractivity contribution in [3.63, 3.8) is 0 Å². The largest absolute Gasteiger partial charge is 0.344 e. The summed E-state index contributed by atoms with van der Waals surface area (Å²) in [6, 6.07) is 0.415. The van der Waals surface area contributed by atoms with Crippen LogP contribution in [0, 0.1) is 6.92 Å². The van der Waals surface area contributed by atoms with E-state index in [9.17, 15) is 4.79 Å². The third-order valence-corrected chi connectivity index (χ3v) is 4.01. The van der Waals surface area contributed by atoms with Crippen molar-refractivity contribution in [2.45, 2.75) is 38.6 Å². The van der Waals surface area contributed by atoms with E-state index in [4.69, 9.17) is 16.1 Å². The Labute approximate surface area is 118 Å². The summed E-state index contributed by atoms with van der Waals surface area (Å²) >= 11 is 5.90. The van der Waals surface area contributed by atoms with Crippen LogP contribution in [-0.4, -0.2) is 42.1 Å². The van der Waals surface area contributed by atoms with Gasteiger partial charge < -0.3 is 14.7 Å². The molecule has 0 spiro atoms. The number of likely N-dealkylation sites (tertiary alicyclic amines) is 1. The molecular formula is C13H20ClN3O2. The molecule has 1 atom stereocenters. The second-order valence-corrected chi connectivity index (χ2v) is 5.33. The number of carbonyl (C=O) groups excluding carboxylic acids is 1. The Hall–Kier alpha value is -1.07. The number of hydrogen-bond acceptors (Lipinski definition) is 4. The number of nitrogens with zero attached hydrogens (tertiary/aromatic N) is 2. The summed E-state index contributed by atoms with van der Waals surface area (Å²) in [4.78, 5) is 14.1. The van der Waals surface area contributed by atoms with Crippen LogP contribution in [0.2, 0.25) is 5.22 Å². The highest BCUT2D eigenvalue weighted by Crippen LogP contribution is 2.21. The average molecular weight is 286 g/mol. The van der Waals surface area contributed by atoms with Crippen molar-refractivity contribution in [3.8, 4) is 0 Å². The molecule has 5 nitrogen and oxygen atoms in total. The Kier molecular flexibility index (Phi) is 4.82. The smallest absolute Gasteiger partial charge is 0.229 e. The number of hydrogen-bond donors (Lipinski definition) is 1. The number of likely N-dealkylation sites (N-methyl/N-ethyl adjacent to an activating group) is 1. The Bertz CT molecular complexity index is 428. The molecule has 1 aromatic heterocycles. The third-order valence-electron chi connectivity index (χ3n) is 3.71. The fraction of sp³-hybridized carbons (Fsp3) is 0.692. The summed E-state index contributed by atoms with van der Waals surface area (Å²) in [7, 11) is 1.94. The highest BCUT2D eigenvalue weighted by Gasteiger charge is 2.23. The molecular weight excluding hydrogens is 266 g/mol. The summed E-state index contributed by atoms with van der Waals surface area (Å²) in [5.41, 5.74) is 1.61. The Morgan fingerprint density at radius 1 is 1.63 bits per heavy atom. The van der Waals surface area contributed by atoms with E-state index in [1.165, 1.54) is 0 Å². The first-order valence-corrected chi connectivity index (χ1v) is 7.05. The maximum atomic E-state index is 12.2. The first-order valence-electron chi connectivity index (χ1n) is 6.67. The van der Waals surface area contributed by atoms with Gasteiger partial charge in [-0.3, -0.25) is 4.79 Å². The average Bonchev–Trinajstić information content (AvgIpc) is 2.75.